The van der Waals surface area contributed by atoms with E-state index in [4.69, 9.17) is 0 Å². The molecule has 68 valence electrons. The van der Waals surface area contributed by atoms with Crippen LogP contribution in [-0.4, -0.2) is 18.6 Å². The summed E-state index contributed by atoms with van der Waals surface area (Å²) >= 11 is 1.83. The molecule has 1 N–H and O–H groups in total. The average molecular weight is 184 g/mol. The molecule has 1 aromatic heterocycles. The number of aromatic nitrogens is 1. The number of nitrogens with zero attached hydrogens (tertiary/aromatic N) is 1. The summed E-state index contributed by atoms with van der Waals surface area (Å²) in [7, 11) is 1.98. The number of aryl methyl sites for hydroxylation is 2. The molecule has 1 rings (SSSR count). The van der Waals surface area contributed by atoms with Crippen molar-refractivity contribution in [2.75, 3.05) is 13.6 Å². The van der Waals surface area contributed by atoms with Crippen molar-refractivity contribution >= 4 is 11.3 Å². The highest BCUT2D eigenvalue weighted by Gasteiger charge is 2.05. The van der Waals surface area contributed by atoms with Gasteiger partial charge in [0, 0.05) is 17.8 Å². The van der Waals surface area contributed by atoms with Crippen molar-refractivity contribution < 1.29 is 0 Å². The van der Waals surface area contributed by atoms with E-state index in [2.05, 4.69) is 24.1 Å². The first-order valence-corrected chi connectivity index (χ1v) is 5.19. The molecule has 0 aromatic carbocycles. The molecule has 1 aromatic rings. The molecule has 0 radical (unpaired) electrons. The molecule has 0 spiro atoms. The predicted molar refractivity (Wildman–Crippen MR) is 53.9 cm³/mol. The predicted octanol–water partition coefficient (Wildman–Crippen LogP) is 1.78. The second-order valence-corrected chi connectivity index (χ2v) is 4.10. The summed E-state index contributed by atoms with van der Waals surface area (Å²) in [5.41, 5.74) is 1.29. The van der Waals surface area contributed by atoms with Gasteiger partial charge in [0.05, 0.1) is 10.7 Å². The van der Waals surface area contributed by atoms with Crippen LogP contribution in [-0.2, 0) is 12.8 Å². The van der Waals surface area contributed by atoms with Crippen molar-refractivity contribution in [2.24, 2.45) is 0 Å². The van der Waals surface area contributed by atoms with Gasteiger partial charge in [0.25, 0.3) is 0 Å². The highest BCUT2D eigenvalue weighted by molar-refractivity contribution is 7.11. The fraction of sp³-hybridized carbons (Fsp3) is 0.667. The molecule has 0 saturated heterocycles. The number of nitrogens with one attached hydrogen (secondary N) is 1. The highest BCUT2D eigenvalue weighted by Crippen LogP contribution is 2.18. The number of hydrogen-bond donors (Lipinski definition) is 1. The van der Waals surface area contributed by atoms with Gasteiger partial charge < -0.3 is 5.32 Å². The van der Waals surface area contributed by atoms with Gasteiger partial charge in [-0.2, -0.15) is 0 Å². The Kier molecular flexibility index (Phi) is 3.69. The Morgan fingerprint density at radius 1 is 1.50 bits per heavy atom. The molecular weight excluding hydrogens is 168 g/mol. The molecule has 0 aliphatic heterocycles. The van der Waals surface area contributed by atoms with Gasteiger partial charge in [0.15, 0.2) is 0 Å². The maximum Gasteiger partial charge on any atom is 0.0900 e. The lowest BCUT2D eigenvalue weighted by Gasteiger charge is -1.97. The van der Waals surface area contributed by atoms with Gasteiger partial charge >= 0.3 is 0 Å². The molecule has 0 aliphatic carbocycles. The summed E-state index contributed by atoms with van der Waals surface area (Å²) < 4.78 is 0. The number of hydrogen-bond acceptors (Lipinski definition) is 3. The molecule has 3 heteroatoms. The number of thiazole rings is 1. The topological polar surface area (TPSA) is 24.9 Å². The quantitative estimate of drug-likeness (QED) is 0.771. The Morgan fingerprint density at radius 2 is 2.25 bits per heavy atom. The second kappa shape index (κ2) is 4.58. The van der Waals surface area contributed by atoms with Crippen LogP contribution in [0.1, 0.15) is 22.5 Å². The van der Waals surface area contributed by atoms with Crippen LogP contribution in [0.5, 0.6) is 0 Å². The Balaban J connectivity index is 2.68. The van der Waals surface area contributed by atoms with Crippen LogP contribution in [0.2, 0.25) is 0 Å². The molecule has 0 bridgehead atoms. The van der Waals surface area contributed by atoms with Gasteiger partial charge in [-0.05, 0) is 20.4 Å². The van der Waals surface area contributed by atoms with Gasteiger partial charge in [-0.3, -0.25) is 0 Å². The second-order valence-electron chi connectivity index (χ2n) is 2.81. The zero-order valence-electron chi connectivity index (χ0n) is 7.98. The van der Waals surface area contributed by atoms with Crippen LogP contribution in [0, 0.1) is 6.92 Å². The van der Waals surface area contributed by atoms with Gasteiger partial charge in [-0.1, -0.05) is 6.92 Å². The number of rotatable bonds is 4. The van der Waals surface area contributed by atoms with Gasteiger partial charge in [-0.15, -0.1) is 11.3 Å². The van der Waals surface area contributed by atoms with E-state index in [0.717, 1.165) is 19.4 Å². The lowest BCUT2D eigenvalue weighted by atomic mass is 10.2. The Bertz CT molecular complexity index is 243. The lowest BCUT2D eigenvalue weighted by Crippen LogP contribution is -2.11. The lowest BCUT2D eigenvalue weighted by molar-refractivity contribution is 0.772. The third-order valence-corrected chi connectivity index (χ3v) is 2.98. The minimum atomic E-state index is 1.02. The molecular formula is C9H16N2S. The molecule has 12 heavy (non-hydrogen) atoms. The third-order valence-electron chi connectivity index (χ3n) is 1.82. The van der Waals surface area contributed by atoms with Gasteiger partial charge in [-0.25, -0.2) is 4.98 Å². The average Bonchev–Trinajstić information content (AvgIpc) is 2.42. The first kappa shape index (κ1) is 9.68. The van der Waals surface area contributed by atoms with Crippen LogP contribution in [0.4, 0.5) is 0 Å². The maximum absolute atomic E-state index is 4.50. The van der Waals surface area contributed by atoms with Crippen molar-refractivity contribution in [3.05, 3.63) is 15.6 Å². The SMILES string of the molecule is CCc1sc(C)nc1CCNC. The van der Waals surface area contributed by atoms with Crippen molar-refractivity contribution in [3.63, 3.8) is 0 Å². The van der Waals surface area contributed by atoms with Crippen molar-refractivity contribution in [3.8, 4) is 0 Å². The van der Waals surface area contributed by atoms with E-state index < -0.39 is 0 Å². The van der Waals surface area contributed by atoms with Crippen molar-refractivity contribution in [2.45, 2.75) is 26.7 Å². The number of likely N-dealkylation sites (N-methyl/N-ethyl adjacent to an activating group) is 1. The Labute approximate surface area is 78.0 Å². The molecule has 0 unspecified atom stereocenters. The smallest absolute Gasteiger partial charge is 0.0900 e. The molecule has 0 saturated carbocycles. The van der Waals surface area contributed by atoms with Crippen LogP contribution in [0.15, 0.2) is 0 Å². The van der Waals surface area contributed by atoms with E-state index >= 15 is 0 Å². The zero-order valence-corrected chi connectivity index (χ0v) is 8.79. The first-order valence-electron chi connectivity index (χ1n) is 4.37. The van der Waals surface area contributed by atoms with Crippen LogP contribution in [0.25, 0.3) is 0 Å². The fourth-order valence-corrected chi connectivity index (χ4v) is 2.15. The van der Waals surface area contributed by atoms with Crippen molar-refractivity contribution in [1.29, 1.82) is 0 Å². The summed E-state index contributed by atoms with van der Waals surface area (Å²) in [6.07, 6.45) is 2.18. The zero-order chi connectivity index (χ0) is 8.97. The van der Waals surface area contributed by atoms with Crippen molar-refractivity contribution in [1.82, 2.24) is 10.3 Å². The van der Waals surface area contributed by atoms with Gasteiger partial charge in [0.1, 0.15) is 0 Å². The van der Waals surface area contributed by atoms with E-state index in [0.29, 0.717) is 0 Å². The van der Waals surface area contributed by atoms with Crippen LogP contribution < -0.4 is 5.32 Å². The standard InChI is InChI=1S/C9H16N2S/c1-4-9-8(5-6-10-3)11-7(2)12-9/h10H,4-6H2,1-3H3. The van der Waals surface area contributed by atoms with E-state index in [1.54, 1.807) is 0 Å². The van der Waals surface area contributed by atoms with E-state index in [1.165, 1.54) is 15.6 Å². The molecule has 0 amide bonds. The van der Waals surface area contributed by atoms with Gasteiger partial charge in [0.2, 0.25) is 0 Å². The normalized spacial score (nSPS) is 10.6. The maximum atomic E-state index is 4.50. The van der Waals surface area contributed by atoms with E-state index in [1.807, 2.05) is 18.4 Å². The van der Waals surface area contributed by atoms with E-state index in [9.17, 15) is 0 Å². The molecule has 1 heterocycles. The molecule has 0 fully saturated rings. The minimum Gasteiger partial charge on any atom is -0.319 e. The van der Waals surface area contributed by atoms with E-state index in [-0.39, 0.29) is 0 Å². The molecule has 0 atom stereocenters. The minimum absolute atomic E-state index is 1.02. The van der Waals surface area contributed by atoms with Crippen LogP contribution >= 0.6 is 11.3 Å². The summed E-state index contributed by atoms with van der Waals surface area (Å²) in [5.74, 6) is 0. The highest BCUT2D eigenvalue weighted by atomic mass is 32.1. The Morgan fingerprint density at radius 3 is 2.83 bits per heavy atom. The monoisotopic (exact) mass is 184 g/mol. The molecule has 0 aliphatic rings. The molecule has 2 nitrogen and oxygen atoms in total. The summed E-state index contributed by atoms with van der Waals surface area (Å²) in [5, 5.41) is 4.33. The largest absolute Gasteiger partial charge is 0.319 e. The summed E-state index contributed by atoms with van der Waals surface area (Å²) in [4.78, 5) is 5.94. The fourth-order valence-electron chi connectivity index (χ4n) is 1.23. The first-order chi connectivity index (χ1) is 5.77. The summed E-state index contributed by atoms with van der Waals surface area (Å²) in [6, 6.07) is 0. The summed E-state index contributed by atoms with van der Waals surface area (Å²) in [6.45, 7) is 5.29. The Hall–Kier alpha value is -0.410. The van der Waals surface area contributed by atoms with Crippen LogP contribution in [0.3, 0.4) is 0 Å². The third kappa shape index (κ3) is 2.29.